The predicted molar refractivity (Wildman–Crippen MR) is 93.4 cm³/mol. The molecule has 0 radical (unpaired) electrons. The summed E-state index contributed by atoms with van der Waals surface area (Å²) in [6, 6.07) is 7.00. The number of hydrogen-bond donors (Lipinski definition) is 1. The second-order valence-electron chi connectivity index (χ2n) is 6.84. The lowest BCUT2D eigenvalue weighted by molar-refractivity contribution is -0.132. The highest BCUT2D eigenvalue weighted by Gasteiger charge is 2.51. The average molecular weight is 355 g/mol. The number of benzene rings is 1. The number of nitrogens with zero attached hydrogens (tertiary/aromatic N) is 2. The van der Waals surface area contributed by atoms with Crippen LogP contribution in [0.4, 0.5) is 4.79 Å². The fraction of sp³-hybridized carbons (Fsp3) is 0.421. The van der Waals surface area contributed by atoms with Crippen molar-refractivity contribution in [3.8, 4) is 17.2 Å². The zero-order chi connectivity index (χ0) is 18.1. The predicted octanol–water partition coefficient (Wildman–Crippen LogP) is 3.10. The number of methoxy groups -OCH3 is 1. The minimum Gasteiger partial charge on any atom is -0.497 e. The smallest absolute Gasteiger partial charge is 0.325 e. The molecule has 1 aromatic carbocycles. The van der Waals surface area contributed by atoms with Gasteiger partial charge in [0.2, 0.25) is 5.89 Å². The summed E-state index contributed by atoms with van der Waals surface area (Å²) in [6.45, 7) is 0.117. The zero-order valence-electron chi connectivity index (χ0n) is 14.7. The van der Waals surface area contributed by atoms with E-state index in [2.05, 4.69) is 10.3 Å². The molecule has 4 rings (SSSR count). The Morgan fingerprint density at radius 2 is 1.92 bits per heavy atom. The Labute approximate surface area is 151 Å². The number of urea groups is 1. The maximum absolute atomic E-state index is 12.8. The van der Waals surface area contributed by atoms with Gasteiger partial charge in [-0.3, -0.25) is 9.69 Å². The van der Waals surface area contributed by atoms with Crippen molar-refractivity contribution < 1.29 is 18.7 Å². The highest BCUT2D eigenvalue weighted by atomic mass is 16.5. The summed E-state index contributed by atoms with van der Waals surface area (Å²) >= 11 is 0. The Bertz CT molecular complexity index is 822. The number of carbonyl (C=O) groups is 2. The number of amides is 3. The molecular weight excluding hydrogens is 334 g/mol. The second kappa shape index (κ2) is 6.48. The quantitative estimate of drug-likeness (QED) is 0.852. The zero-order valence-corrected chi connectivity index (χ0v) is 14.7. The van der Waals surface area contributed by atoms with Crippen LogP contribution in [-0.4, -0.2) is 34.5 Å². The third kappa shape index (κ3) is 2.83. The summed E-state index contributed by atoms with van der Waals surface area (Å²) in [5, 5.41) is 2.91. The molecule has 136 valence electrons. The SMILES string of the molecule is COc1ccc(-c2nc(CN3C(=O)NC4(CCCCC4)C3=O)co2)cc1. The van der Waals surface area contributed by atoms with Crippen molar-refractivity contribution in [2.75, 3.05) is 7.11 Å². The Hall–Kier alpha value is -2.83. The molecule has 2 heterocycles. The summed E-state index contributed by atoms with van der Waals surface area (Å²) in [5.74, 6) is 1.05. The van der Waals surface area contributed by atoms with Gasteiger partial charge in [-0.2, -0.15) is 0 Å². The summed E-state index contributed by atoms with van der Waals surface area (Å²) in [6.07, 6.45) is 5.95. The molecule has 7 nitrogen and oxygen atoms in total. The van der Waals surface area contributed by atoms with E-state index in [-0.39, 0.29) is 18.5 Å². The van der Waals surface area contributed by atoms with Gasteiger partial charge in [0.25, 0.3) is 5.91 Å². The molecule has 2 fully saturated rings. The minimum absolute atomic E-state index is 0.117. The second-order valence-corrected chi connectivity index (χ2v) is 6.84. The molecule has 1 saturated heterocycles. The number of rotatable bonds is 4. The van der Waals surface area contributed by atoms with E-state index in [0.29, 0.717) is 24.4 Å². The molecule has 1 saturated carbocycles. The van der Waals surface area contributed by atoms with Crippen LogP contribution in [0, 0.1) is 0 Å². The fourth-order valence-electron chi connectivity index (χ4n) is 3.72. The molecule has 0 atom stereocenters. The summed E-state index contributed by atoms with van der Waals surface area (Å²) in [7, 11) is 1.61. The Morgan fingerprint density at radius 1 is 1.19 bits per heavy atom. The maximum atomic E-state index is 12.8. The fourth-order valence-corrected chi connectivity index (χ4v) is 3.72. The Kier molecular flexibility index (Phi) is 4.14. The van der Waals surface area contributed by atoms with Crippen LogP contribution in [0.1, 0.15) is 37.8 Å². The van der Waals surface area contributed by atoms with Gasteiger partial charge < -0.3 is 14.5 Å². The summed E-state index contributed by atoms with van der Waals surface area (Å²) < 4.78 is 10.7. The van der Waals surface area contributed by atoms with Crippen LogP contribution in [0.25, 0.3) is 11.5 Å². The van der Waals surface area contributed by atoms with Crippen LogP contribution in [0.3, 0.4) is 0 Å². The number of oxazole rings is 1. The van der Waals surface area contributed by atoms with Crippen molar-refractivity contribution in [3.05, 3.63) is 36.2 Å². The third-order valence-electron chi connectivity index (χ3n) is 5.16. The van der Waals surface area contributed by atoms with Gasteiger partial charge in [0.15, 0.2) is 0 Å². The van der Waals surface area contributed by atoms with Crippen molar-refractivity contribution in [1.82, 2.24) is 15.2 Å². The first-order valence-corrected chi connectivity index (χ1v) is 8.84. The first kappa shape index (κ1) is 16.6. The van der Waals surface area contributed by atoms with E-state index >= 15 is 0 Å². The molecule has 0 unspecified atom stereocenters. The normalized spacial score (nSPS) is 19.0. The number of ether oxygens (including phenoxy) is 1. The van der Waals surface area contributed by atoms with Gasteiger partial charge >= 0.3 is 6.03 Å². The molecule has 7 heteroatoms. The van der Waals surface area contributed by atoms with Gasteiger partial charge in [-0.25, -0.2) is 9.78 Å². The van der Waals surface area contributed by atoms with Crippen LogP contribution in [0.2, 0.25) is 0 Å². The van der Waals surface area contributed by atoms with Gasteiger partial charge in [-0.1, -0.05) is 19.3 Å². The largest absolute Gasteiger partial charge is 0.497 e. The number of hydrogen-bond acceptors (Lipinski definition) is 5. The number of aromatic nitrogens is 1. The van der Waals surface area contributed by atoms with E-state index in [1.54, 1.807) is 7.11 Å². The summed E-state index contributed by atoms with van der Waals surface area (Å²) in [4.78, 5) is 30.8. The number of nitrogens with one attached hydrogen (secondary N) is 1. The van der Waals surface area contributed by atoms with Crippen molar-refractivity contribution in [3.63, 3.8) is 0 Å². The van der Waals surface area contributed by atoms with Gasteiger partial charge in [0.05, 0.1) is 19.3 Å². The van der Waals surface area contributed by atoms with Crippen molar-refractivity contribution in [2.45, 2.75) is 44.2 Å². The summed E-state index contributed by atoms with van der Waals surface area (Å²) in [5.41, 5.74) is 0.642. The van der Waals surface area contributed by atoms with Gasteiger partial charge in [-0.05, 0) is 37.1 Å². The van der Waals surface area contributed by atoms with E-state index in [1.807, 2.05) is 24.3 Å². The highest BCUT2D eigenvalue weighted by molar-refractivity contribution is 6.07. The van der Waals surface area contributed by atoms with E-state index in [9.17, 15) is 9.59 Å². The molecule has 2 aliphatic rings. The molecule has 2 aromatic rings. The maximum Gasteiger partial charge on any atom is 0.325 e. The lowest BCUT2D eigenvalue weighted by atomic mass is 9.82. The first-order chi connectivity index (χ1) is 12.6. The van der Waals surface area contributed by atoms with E-state index in [0.717, 1.165) is 30.6 Å². The highest BCUT2D eigenvalue weighted by Crippen LogP contribution is 2.34. The monoisotopic (exact) mass is 355 g/mol. The molecule has 1 aromatic heterocycles. The first-order valence-electron chi connectivity index (χ1n) is 8.84. The van der Waals surface area contributed by atoms with Crippen LogP contribution < -0.4 is 10.1 Å². The minimum atomic E-state index is -0.710. The van der Waals surface area contributed by atoms with E-state index < -0.39 is 5.54 Å². The number of imide groups is 1. The van der Waals surface area contributed by atoms with Crippen molar-refractivity contribution in [1.29, 1.82) is 0 Å². The lowest BCUT2D eigenvalue weighted by Gasteiger charge is -2.30. The third-order valence-corrected chi connectivity index (χ3v) is 5.16. The molecule has 1 aliphatic heterocycles. The standard InChI is InChI=1S/C19H21N3O4/c1-25-15-7-5-13(6-8-15)16-20-14(12-26-16)11-22-17(23)19(21-18(22)24)9-3-2-4-10-19/h5-8,12H,2-4,9-11H2,1H3,(H,21,24). The van der Waals surface area contributed by atoms with Gasteiger partial charge in [0.1, 0.15) is 17.6 Å². The van der Waals surface area contributed by atoms with E-state index in [1.165, 1.54) is 11.2 Å². The van der Waals surface area contributed by atoms with Crippen LogP contribution in [0.5, 0.6) is 5.75 Å². The van der Waals surface area contributed by atoms with E-state index in [4.69, 9.17) is 9.15 Å². The number of carbonyl (C=O) groups excluding carboxylic acids is 2. The molecular formula is C19H21N3O4. The molecule has 1 aliphatic carbocycles. The topological polar surface area (TPSA) is 84.7 Å². The van der Waals surface area contributed by atoms with Crippen molar-refractivity contribution in [2.24, 2.45) is 0 Å². The van der Waals surface area contributed by atoms with Crippen LogP contribution >= 0.6 is 0 Å². The lowest BCUT2D eigenvalue weighted by Crippen LogP contribution is -2.48. The molecule has 1 N–H and O–H groups in total. The molecule has 3 amide bonds. The Morgan fingerprint density at radius 3 is 2.62 bits per heavy atom. The molecule has 0 bridgehead atoms. The van der Waals surface area contributed by atoms with Gasteiger partial charge in [0, 0.05) is 5.56 Å². The average Bonchev–Trinajstić information content (AvgIpc) is 3.22. The van der Waals surface area contributed by atoms with Crippen LogP contribution in [0.15, 0.2) is 34.9 Å². The molecule has 26 heavy (non-hydrogen) atoms. The molecule has 1 spiro atoms. The van der Waals surface area contributed by atoms with Gasteiger partial charge in [-0.15, -0.1) is 0 Å². The van der Waals surface area contributed by atoms with Crippen molar-refractivity contribution >= 4 is 11.9 Å². The Balaban J connectivity index is 1.50. The van der Waals surface area contributed by atoms with Crippen LogP contribution in [-0.2, 0) is 11.3 Å².